The molecule has 2 rings (SSSR count). The van der Waals surface area contributed by atoms with E-state index in [1.807, 2.05) is 0 Å². The van der Waals surface area contributed by atoms with Gasteiger partial charge in [0.2, 0.25) is 5.91 Å². The molecule has 0 saturated carbocycles. The fraction of sp³-hybridized carbons (Fsp3) is 0.308. The van der Waals surface area contributed by atoms with Crippen molar-refractivity contribution in [3.05, 3.63) is 30.9 Å². The molecule has 1 aromatic carbocycles. The van der Waals surface area contributed by atoms with Crippen molar-refractivity contribution < 1.29 is 14.3 Å². The largest absolute Gasteiger partial charge is 0.486 e. The van der Waals surface area contributed by atoms with E-state index in [1.54, 1.807) is 24.3 Å². The van der Waals surface area contributed by atoms with E-state index in [0.717, 1.165) is 0 Å². The van der Waals surface area contributed by atoms with Gasteiger partial charge in [-0.2, -0.15) is 0 Å². The Morgan fingerprint density at radius 2 is 2.11 bits per heavy atom. The summed E-state index contributed by atoms with van der Waals surface area (Å²) >= 11 is 0. The number of nitrogens with one attached hydrogen (secondary N) is 2. The summed E-state index contributed by atoms with van der Waals surface area (Å²) in [5, 5.41) is 5.71. The molecule has 18 heavy (non-hydrogen) atoms. The first-order valence-electron chi connectivity index (χ1n) is 5.80. The van der Waals surface area contributed by atoms with Crippen LogP contribution in [0.3, 0.4) is 0 Å². The standard InChI is InChI=1S/C13H16N2O3/c1-2-5-14-9-13(16)15-10-3-4-11-12(8-10)18-7-6-17-11/h2-4,8,14H,1,5-7,9H2,(H,15,16). The highest BCUT2D eigenvalue weighted by Crippen LogP contribution is 2.32. The Morgan fingerprint density at radius 3 is 2.89 bits per heavy atom. The first-order valence-corrected chi connectivity index (χ1v) is 5.80. The minimum Gasteiger partial charge on any atom is -0.486 e. The smallest absolute Gasteiger partial charge is 0.238 e. The minimum atomic E-state index is -0.103. The summed E-state index contributed by atoms with van der Waals surface area (Å²) in [5.41, 5.74) is 0.699. The van der Waals surface area contributed by atoms with Gasteiger partial charge in [-0.1, -0.05) is 6.08 Å². The van der Waals surface area contributed by atoms with Crippen molar-refractivity contribution in [1.82, 2.24) is 5.32 Å². The van der Waals surface area contributed by atoms with Gasteiger partial charge in [0.1, 0.15) is 13.2 Å². The summed E-state index contributed by atoms with van der Waals surface area (Å²) in [5.74, 6) is 1.27. The molecule has 0 atom stereocenters. The van der Waals surface area contributed by atoms with Gasteiger partial charge in [0.05, 0.1) is 6.54 Å². The topological polar surface area (TPSA) is 59.6 Å². The third kappa shape index (κ3) is 3.24. The average molecular weight is 248 g/mol. The van der Waals surface area contributed by atoms with Crippen LogP contribution < -0.4 is 20.1 Å². The van der Waals surface area contributed by atoms with Gasteiger partial charge in [0, 0.05) is 18.3 Å². The molecule has 0 saturated heterocycles. The second kappa shape index (κ2) is 6.07. The van der Waals surface area contributed by atoms with Gasteiger partial charge < -0.3 is 20.1 Å². The molecular formula is C13H16N2O3. The number of carbonyl (C=O) groups is 1. The normalized spacial score (nSPS) is 12.9. The molecule has 96 valence electrons. The van der Waals surface area contributed by atoms with Crippen LogP contribution in [0.5, 0.6) is 11.5 Å². The van der Waals surface area contributed by atoms with Crippen molar-refractivity contribution in [2.24, 2.45) is 0 Å². The Balaban J connectivity index is 1.93. The summed E-state index contributed by atoms with van der Waals surface area (Å²) in [6.07, 6.45) is 1.71. The maximum Gasteiger partial charge on any atom is 0.238 e. The van der Waals surface area contributed by atoms with Crippen molar-refractivity contribution in [3.63, 3.8) is 0 Å². The van der Waals surface area contributed by atoms with Crippen molar-refractivity contribution in [3.8, 4) is 11.5 Å². The van der Waals surface area contributed by atoms with Crippen molar-refractivity contribution in [2.45, 2.75) is 0 Å². The monoisotopic (exact) mass is 248 g/mol. The maximum absolute atomic E-state index is 11.6. The van der Waals surface area contributed by atoms with E-state index in [0.29, 0.717) is 36.9 Å². The number of rotatable bonds is 5. The van der Waals surface area contributed by atoms with Crippen LogP contribution in [0.4, 0.5) is 5.69 Å². The summed E-state index contributed by atoms with van der Waals surface area (Å²) in [7, 11) is 0. The number of anilines is 1. The molecule has 0 aliphatic carbocycles. The lowest BCUT2D eigenvalue weighted by molar-refractivity contribution is -0.115. The molecular weight excluding hydrogens is 232 g/mol. The summed E-state index contributed by atoms with van der Waals surface area (Å²) < 4.78 is 10.8. The maximum atomic E-state index is 11.6. The highest BCUT2D eigenvalue weighted by atomic mass is 16.6. The van der Waals surface area contributed by atoms with Gasteiger partial charge in [-0.05, 0) is 12.1 Å². The quantitative estimate of drug-likeness (QED) is 0.606. The SMILES string of the molecule is C=CCNCC(=O)Nc1ccc2c(c1)OCCO2. The lowest BCUT2D eigenvalue weighted by atomic mass is 10.2. The number of ether oxygens (including phenoxy) is 2. The Morgan fingerprint density at radius 1 is 1.33 bits per heavy atom. The predicted octanol–water partition coefficient (Wildman–Crippen LogP) is 1.17. The van der Waals surface area contributed by atoms with E-state index in [9.17, 15) is 4.79 Å². The van der Waals surface area contributed by atoms with Crippen molar-refractivity contribution >= 4 is 11.6 Å². The molecule has 1 amide bonds. The zero-order valence-corrected chi connectivity index (χ0v) is 10.1. The van der Waals surface area contributed by atoms with Crippen LogP contribution in [0, 0.1) is 0 Å². The highest BCUT2D eigenvalue weighted by molar-refractivity contribution is 5.92. The molecule has 5 heteroatoms. The Bertz CT molecular complexity index is 446. The van der Waals surface area contributed by atoms with Gasteiger partial charge in [-0.15, -0.1) is 6.58 Å². The third-order valence-corrected chi connectivity index (χ3v) is 2.40. The lowest BCUT2D eigenvalue weighted by Gasteiger charge is -2.19. The molecule has 0 fully saturated rings. The van der Waals surface area contributed by atoms with Gasteiger partial charge in [0.25, 0.3) is 0 Å². The van der Waals surface area contributed by atoms with E-state index < -0.39 is 0 Å². The molecule has 0 bridgehead atoms. The van der Waals surface area contributed by atoms with Crippen LogP contribution in [0.1, 0.15) is 0 Å². The molecule has 1 heterocycles. The molecule has 0 unspecified atom stereocenters. The second-order valence-electron chi connectivity index (χ2n) is 3.83. The Hall–Kier alpha value is -2.01. The van der Waals surface area contributed by atoms with Crippen LogP contribution in [0.25, 0.3) is 0 Å². The first kappa shape index (κ1) is 12.4. The molecule has 5 nitrogen and oxygen atoms in total. The van der Waals surface area contributed by atoms with Gasteiger partial charge in [-0.3, -0.25) is 4.79 Å². The van der Waals surface area contributed by atoms with Crippen LogP contribution in [0.2, 0.25) is 0 Å². The van der Waals surface area contributed by atoms with E-state index in [-0.39, 0.29) is 12.5 Å². The molecule has 1 aromatic rings. The van der Waals surface area contributed by atoms with Gasteiger partial charge >= 0.3 is 0 Å². The molecule has 0 radical (unpaired) electrons. The highest BCUT2D eigenvalue weighted by Gasteiger charge is 2.12. The third-order valence-electron chi connectivity index (χ3n) is 2.40. The zero-order valence-electron chi connectivity index (χ0n) is 10.1. The van der Waals surface area contributed by atoms with Crippen LogP contribution in [-0.2, 0) is 4.79 Å². The van der Waals surface area contributed by atoms with E-state index in [1.165, 1.54) is 0 Å². The Labute approximate surface area is 106 Å². The number of hydrogen-bond acceptors (Lipinski definition) is 4. The summed E-state index contributed by atoms with van der Waals surface area (Å²) in [6.45, 7) is 5.51. The van der Waals surface area contributed by atoms with E-state index in [2.05, 4.69) is 17.2 Å². The van der Waals surface area contributed by atoms with Gasteiger partial charge in [0.15, 0.2) is 11.5 Å². The molecule has 1 aliphatic heterocycles. The van der Waals surface area contributed by atoms with Crippen LogP contribution >= 0.6 is 0 Å². The molecule has 1 aliphatic rings. The molecule has 2 N–H and O–H groups in total. The minimum absolute atomic E-state index is 0.103. The fourth-order valence-electron chi connectivity index (χ4n) is 1.61. The predicted molar refractivity (Wildman–Crippen MR) is 69.1 cm³/mol. The number of benzene rings is 1. The van der Waals surface area contributed by atoms with E-state index >= 15 is 0 Å². The summed E-state index contributed by atoms with van der Waals surface area (Å²) in [6, 6.07) is 5.35. The van der Waals surface area contributed by atoms with Gasteiger partial charge in [-0.25, -0.2) is 0 Å². The fourth-order valence-corrected chi connectivity index (χ4v) is 1.61. The second-order valence-corrected chi connectivity index (χ2v) is 3.83. The molecule has 0 spiro atoms. The van der Waals surface area contributed by atoms with Crippen molar-refractivity contribution in [1.29, 1.82) is 0 Å². The summed E-state index contributed by atoms with van der Waals surface area (Å²) in [4.78, 5) is 11.6. The number of fused-ring (bicyclic) bond motifs is 1. The van der Waals surface area contributed by atoms with Crippen LogP contribution in [-0.4, -0.2) is 32.2 Å². The first-order chi connectivity index (χ1) is 8.79. The van der Waals surface area contributed by atoms with Crippen LogP contribution in [0.15, 0.2) is 30.9 Å². The lowest BCUT2D eigenvalue weighted by Crippen LogP contribution is -2.28. The van der Waals surface area contributed by atoms with Crippen molar-refractivity contribution in [2.75, 3.05) is 31.6 Å². The average Bonchev–Trinajstić information content (AvgIpc) is 2.39. The Kier molecular flexibility index (Phi) is 4.20. The number of carbonyl (C=O) groups excluding carboxylic acids is 1. The zero-order chi connectivity index (χ0) is 12.8. The number of hydrogen-bond donors (Lipinski definition) is 2. The van der Waals surface area contributed by atoms with E-state index in [4.69, 9.17) is 9.47 Å². The number of amides is 1. The molecule has 0 aromatic heterocycles.